The fourth-order valence-electron chi connectivity index (χ4n) is 4.20. The van der Waals surface area contributed by atoms with E-state index in [0.717, 1.165) is 17.7 Å². The highest BCUT2D eigenvalue weighted by atomic mass is 35.5. The molecule has 11 heteroatoms. The maximum atomic E-state index is 14.1. The number of imidazole rings is 1. The summed E-state index contributed by atoms with van der Waals surface area (Å²) in [6.45, 7) is 8.43. The molecule has 4 rings (SSSR count). The molecule has 0 spiro atoms. The van der Waals surface area contributed by atoms with Crippen LogP contribution in [-0.4, -0.2) is 27.0 Å². The van der Waals surface area contributed by atoms with Crippen LogP contribution in [0, 0.1) is 25.5 Å². The summed E-state index contributed by atoms with van der Waals surface area (Å²) >= 11 is 6.03. The highest BCUT2D eigenvalue weighted by Crippen LogP contribution is 2.29. The molecule has 2 amide bonds. The Kier molecular flexibility index (Phi) is 8.82. The molecule has 216 valence electrons. The number of anilines is 1. The Balaban J connectivity index is 1.57. The lowest BCUT2D eigenvalue weighted by molar-refractivity contribution is -0.116. The van der Waals surface area contributed by atoms with Crippen molar-refractivity contribution in [3.63, 3.8) is 0 Å². The van der Waals surface area contributed by atoms with Crippen LogP contribution in [0.4, 0.5) is 19.4 Å². The van der Waals surface area contributed by atoms with Crippen molar-refractivity contribution in [1.82, 2.24) is 14.7 Å². The molecule has 0 bridgehead atoms. The average Bonchev–Trinajstić information content (AvgIpc) is 3.17. The van der Waals surface area contributed by atoms with E-state index in [-0.39, 0.29) is 18.6 Å². The average molecular weight is 585 g/mol. The van der Waals surface area contributed by atoms with E-state index >= 15 is 0 Å². The minimum Gasteiger partial charge on any atom is -0.485 e. The third kappa shape index (κ3) is 7.52. The SMILES string of the molecule is Cc1cc(OCc2c(F)cccc2F)c2nc(C)c(NC(=O)CC(NC(=O)OC(C)(C)C)c3ccc(Cl)cc3)n2c1. The number of nitrogens with one attached hydrogen (secondary N) is 2. The Morgan fingerprint density at radius 3 is 2.37 bits per heavy atom. The quantitative estimate of drug-likeness (QED) is 0.231. The van der Waals surface area contributed by atoms with Gasteiger partial charge in [0.1, 0.15) is 29.7 Å². The summed E-state index contributed by atoms with van der Waals surface area (Å²) < 4.78 is 41.1. The third-order valence-electron chi connectivity index (χ3n) is 6.04. The van der Waals surface area contributed by atoms with E-state index in [1.807, 2.05) is 6.92 Å². The fourth-order valence-corrected chi connectivity index (χ4v) is 4.33. The number of nitrogens with zero attached hydrogens (tertiary/aromatic N) is 2. The van der Waals surface area contributed by atoms with E-state index in [1.54, 1.807) is 68.6 Å². The lowest BCUT2D eigenvalue weighted by atomic mass is 10.0. The van der Waals surface area contributed by atoms with Crippen molar-refractivity contribution < 1.29 is 27.8 Å². The molecule has 1 atom stereocenters. The van der Waals surface area contributed by atoms with Gasteiger partial charge >= 0.3 is 6.09 Å². The van der Waals surface area contributed by atoms with Crippen LogP contribution >= 0.6 is 11.6 Å². The number of alkyl carbamates (subject to hydrolysis) is 1. The van der Waals surface area contributed by atoms with Gasteiger partial charge in [-0.05, 0) is 76.1 Å². The van der Waals surface area contributed by atoms with Gasteiger partial charge in [0.2, 0.25) is 5.91 Å². The summed E-state index contributed by atoms with van der Waals surface area (Å²) in [6.07, 6.45) is 0.979. The minimum absolute atomic E-state index is 0.116. The third-order valence-corrected chi connectivity index (χ3v) is 6.29. The number of hydrogen-bond donors (Lipinski definition) is 2. The van der Waals surface area contributed by atoms with Crippen molar-refractivity contribution in [3.8, 4) is 5.75 Å². The standard InChI is InChI=1S/C30H31ClF2N4O4/c1-17-13-25(40-16-21-22(32)7-6-8-23(21)33)28-34-18(2)27(37(28)15-17)36-26(38)14-24(19-9-11-20(31)12-10-19)35-29(39)41-30(3,4)5/h6-13,15,24H,14,16H2,1-5H3,(H,35,39)(H,36,38). The molecule has 0 aliphatic heterocycles. The summed E-state index contributed by atoms with van der Waals surface area (Å²) in [5.74, 6) is -1.14. The maximum Gasteiger partial charge on any atom is 0.408 e. The molecule has 0 fully saturated rings. The van der Waals surface area contributed by atoms with Crippen LogP contribution in [0.15, 0.2) is 54.7 Å². The van der Waals surface area contributed by atoms with Gasteiger partial charge in [0.15, 0.2) is 11.4 Å². The van der Waals surface area contributed by atoms with Gasteiger partial charge in [0.05, 0.1) is 23.7 Å². The molecule has 8 nitrogen and oxygen atoms in total. The second-order valence-electron chi connectivity index (χ2n) is 10.6. The molecule has 0 aliphatic rings. The minimum atomic E-state index is -0.722. The largest absolute Gasteiger partial charge is 0.485 e. The smallest absolute Gasteiger partial charge is 0.408 e. The first-order valence-corrected chi connectivity index (χ1v) is 13.3. The van der Waals surface area contributed by atoms with Gasteiger partial charge in [0.25, 0.3) is 0 Å². The highest BCUT2D eigenvalue weighted by molar-refractivity contribution is 6.30. The number of ether oxygens (including phenoxy) is 2. The number of carbonyl (C=O) groups excluding carboxylic acids is 2. The summed E-state index contributed by atoms with van der Waals surface area (Å²) in [5, 5.41) is 6.16. The number of hydrogen-bond acceptors (Lipinski definition) is 5. The Hall–Kier alpha value is -4.18. The molecule has 2 heterocycles. The molecule has 1 unspecified atom stereocenters. The molecule has 2 N–H and O–H groups in total. The Labute approximate surface area is 241 Å². The van der Waals surface area contributed by atoms with Crippen LogP contribution in [0.2, 0.25) is 5.02 Å². The van der Waals surface area contributed by atoms with E-state index in [1.165, 1.54) is 6.07 Å². The molecule has 0 saturated carbocycles. The van der Waals surface area contributed by atoms with Crippen molar-refractivity contribution >= 4 is 35.1 Å². The van der Waals surface area contributed by atoms with Crippen LogP contribution in [0.25, 0.3) is 5.65 Å². The molecule has 2 aromatic carbocycles. The number of halogens is 3. The zero-order chi connectivity index (χ0) is 29.9. The molecule has 4 aromatic rings. The van der Waals surface area contributed by atoms with Crippen LogP contribution in [-0.2, 0) is 16.1 Å². The Bertz CT molecular complexity index is 1560. The molecule has 0 saturated heterocycles. The van der Waals surface area contributed by atoms with Gasteiger partial charge in [-0.2, -0.15) is 0 Å². The second kappa shape index (κ2) is 12.1. The lowest BCUT2D eigenvalue weighted by Crippen LogP contribution is -2.36. The number of pyridine rings is 1. The van der Waals surface area contributed by atoms with E-state index in [0.29, 0.717) is 33.5 Å². The van der Waals surface area contributed by atoms with Gasteiger partial charge in [-0.1, -0.05) is 29.8 Å². The first kappa shape index (κ1) is 29.8. The van der Waals surface area contributed by atoms with Crippen molar-refractivity contribution in [1.29, 1.82) is 0 Å². The molecular formula is C30H31ClF2N4O4. The first-order valence-electron chi connectivity index (χ1n) is 12.9. The molecular weight excluding hydrogens is 554 g/mol. The summed E-state index contributed by atoms with van der Waals surface area (Å²) in [6, 6.07) is 11.4. The van der Waals surface area contributed by atoms with Gasteiger partial charge in [-0.3, -0.25) is 9.20 Å². The van der Waals surface area contributed by atoms with Crippen LogP contribution < -0.4 is 15.4 Å². The summed E-state index contributed by atoms with van der Waals surface area (Å²) in [5.41, 5.74) is 1.36. The number of fused-ring (bicyclic) bond motifs is 1. The first-order chi connectivity index (χ1) is 19.3. The van der Waals surface area contributed by atoms with Crippen LogP contribution in [0.3, 0.4) is 0 Å². The van der Waals surface area contributed by atoms with Crippen LogP contribution in [0.1, 0.15) is 55.6 Å². The predicted octanol–water partition coefficient (Wildman–Crippen LogP) is 7.06. The topological polar surface area (TPSA) is 94.0 Å². The van der Waals surface area contributed by atoms with Crippen molar-refractivity contribution in [2.24, 2.45) is 0 Å². The van der Waals surface area contributed by atoms with Crippen molar-refractivity contribution in [2.45, 2.75) is 59.3 Å². The van der Waals surface area contributed by atoms with Crippen molar-refractivity contribution in [3.05, 3.63) is 93.8 Å². The van der Waals surface area contributed by atoms with E-state index < -0.39 is 35.3 Å². The number of aryl methyl sites for hydroxylation is 2. The lowest BCUT2D eigenvalue weighted by Gasteiger charge is -2.24. The molecule has 41 heavy (non-hydrogen) atoms. The summed E-state index contributed by atoms with van der Waals surface area (Å²) in [4.78, 5) is 30.4. The molecule has 2 aromatic heterocycles. The van der Waals surface area contributed by atoms with E-state index in [2.05, 4.69) is 15.6 Å². The van der Waals surface area contributed by atoms with Gasteiger partial charge in [-0.15, -0.1) is 0 Å². The van der Waals surface area contributed by atoms with E-state index in [9.17, 15) is 18.4 Å². The molecule has 0 aliphatic carbocycles. The Morgan fingerprint density at radius 2 is 1.73 bits per heavy atom. The summed E-state index contributed by atoms with van der Waals surface area (Å²) in [7, 11) is 0. The molecule has 0 radical (unpaired) electrons. The number of benzene rings is 2. The normalized spacial score (nSPS) is 12.2. The monoisotopic (exact) mass is 584 g/mol. The fraction of sp³-hybridized carbons (Fsp3) is 0.300. The Morgan fingerprint density at radius 1 is 1.07 bits per heavy atom. The maximum absolute atomic E-state index is 14.1. The zero-order valence-electron chi connectivity index (χ0n) is 23.3. The predicted molar refractivity (Wildman–Crippen MR) is 152 cm³/mol. The van der Waals surface area contributed by atoms with Gasteiger partial charge < -0.3 is 20.1 Å². The highest BCUT2D eigenvalue weighted by Gasteiger charge is 2.24. The zero-order valence-corrected chi connectivity index (χ0v) is 24.1. The number of aromatic nitrogens is 2. The number of carbonyl (C=O) groups is 2. The second-order valence-corrected chi connectivity index (χ2v) is 11.0. The van der Waals surface area contributed by atoms with Crippen LogP contribution in [0.5, 0.6) is 5.75 Å². The van der Waals surface area contributed by atoms with Gasteiger partial charge in [-0.25, -0.2) is 18.6 Å². The van der Waals surface area contributed by atoms with E-state index in [4.69, 9.17) is 21.1 Å². The number of amides is 2. The van der Waals surface area contributed by atoms with Crippen molar-refractivity contribution in [2.75, 3.05) is 5.32 Å². The van der Waals surface area contributed by atoms with Gasteiger partial charge in [0, 0.05) is 11.2 Å². The number of rotatable bonds is 8.